The fourth-order valence-electron chi connectivity index (χ4n) is 2.49. The number of nitrogens with one attached hydrogen (secondary N) is 1. The Balaban J connectivity index is 1.71. The minimum atomic E-state index is -0.399. The third-order valence-electron chi connectivity index (χ3n) is 3.50. The van der Waals surface area contributed by atoms with Gasteiger partial charge < -0.3 is 20.2 Å². The molecule has 0 unspecified atom stereocenters. The van der Waals surface area contributed by atoms with E-state index >= 15 is 0 Å². The molecule has 1 amide bonds. The fourth-order valence-corrected chi connectivity index (χ4v) is 2.49. The molecule has 0 saturated carbocycles. The number of hydrogen-bond acceptors (Lipinski definition) is 4. The van der Waals surface area contributed by atoms with Gasteiger partial charge in [0.05, 0.1) is 17.5 Å². The molecule has 3 rings (SSSR count). The maximum Gasteiger partial charge on any atom is 0.253 e. The Bertz CT molecular complexity index is 637. The Hall–Kier alpha value is -1.92. The normalized spacial score (nSPS) is 22.3. The van der Waals surface area contributed by atoms with Crippen LogP contribution in [0.2, 0.25) is 0 Å². The summed E-state index contributed by atoms with van der Waals surface area (Å²) >= 11 is 0. The van der Waals surface area contributed by atoms with Gasteiger partial charge in [-0.3, -0.25) is 4.79 Å². The number of rotatable bonds is 3. The summed E-state index contributed by atoms with van der Waals surface area (Å²) in [6, 6.07) is 3.72. The van der Waals surface area contributed by atoms with Crippen LogP contribution in [0.1, 0.15) is 18.5 Å². The number of amides is 1. The molecule has 3 N–H and O–H groups in total. The number of nitrogens with zero attached hydrogens (tertiary/aromatic N) is 2. The number of carbonyl (C=O) groups excluding carboxylic acids is 1. The highest BCUT2D eigenvalue weighted by molar-refractivity contribution is 5.94. The van der Waals surface area contributed by atoms with Crippen LogP contribution in [0.15, 0.2) is 24.5 Å². The van der Waals surface area contributed by atoms with E-state index in [1.807, 2.05) is 35.9 Å². The maximum absolute atomic E-state index is 12.1. The van der Waals surface area contributed by atoms with E-state index in [2.05, 4.69) is 10.3 Å². The molecule has 0 aromatic carbocycles. The number of imidazole rings is 1. The molecule has 6 nitrogen and oxygen atoms in total. The van der Waals surface area contributed by atoms with Crippen molar-refractivity contribution in [2.45, 2.75) is 32.0 Å². The lowest BCUT2D eigenvalue weighted by Crippen LogP contribution is -2.29. The van der Waals surface area contributed by atoms with Gasteiger partial charge in [0.1, 0.15) is 11.8 Å². The zero-order valence-electron chi connectivity index (χ0n) is 11.4. The summed E-state index contributed by atoms with van der Waals surface area (Å²) in [6.45, 7) is 2.40. The van der Waals surface area contributed by atoms with E-state index in [0.29, 0.717) is 6.54 Å². The number of anilines is 1. The third kappa shape index (κ3) is 2.52. The number of ether oxygens (including phenoxy) is 1. The molecule has 0 radical (unpaired) electrons. The second-order valence-corrected chi connectivity index (χ2v) is 5.11. The summed E-state index contributed by atoms with van der Waals surface area (Å²) in [5, 5.41) is 2.88. The lowest BCUT2D eigenvalue weighted by Gasteiger charge is -2.12. The van der Waals surface area contributed by atoms with Crippen LogP contribution in [-0.2, 0) is 9.53 Å². The highest BCUT2D eigenvalue weighted by Gasteiger charge is 2.29. The molecule has 0 aliphatic carbocycles. The molecular weight excluding hydrogens is 256 g/mol. The summed E-state index contributed by atoms with van der Waals surface area (Å²) in [5.74, 6) is -0.114. The molecule has 2 aromatic heterocycles. The van der Waals surface area contributed by atoms with Crippen LogP contribution in [0.3, 0.4) is 0 Å². The van der Waals surface area contributed by atoms with Crippen molar-refractivity contribution in [2.75, 3.05) is 11.9 Å². The monoisotopic (exact) mass is 274 g/mol. The molecule has 1 fully saturated rings. The van der Waals surface area contributed by atoms with Crippen LogP contribution in [0.25, 0.3) is 5.65 Å². The smallest absolute Gasteiger partial charge is 0.253 e. The Morgan fingerprint density at radius 1 is 1.50 bits per heavy atom. The Morgan fingerprint density at radius 2 is 2.35 bits per heavy atom. The number of carbonyl (C=O) groups is 1. The SMILES string of the molecule is Cc1cn2cc(NC(=O)[C@@H]3CC[C@H](CN)O3)ccc2n1. The van der Waals surface area contributed by atoms with Crippen LogP contribution < -0.4 is 11.1 Å². The van der Waals surface area contributed by atoms with E-state index in [9.17, 15) is 4.79 Å². The van der Waals surface area contributed by atoms with Crippen molar-refractivity contribution in [3.05, 3.63) is 30.2 Å². The van der Waals surface area contributed by atoms with Gasteiger partial charge >= 0.3 is 0 Å². The lowest BCUT2D eigenvalue weighted by molar-refractivity contribution is -0.126. The van der Waals surface area contributed by atoms with Crippen molar-refractivity contribution >= 4 is 17.2 Å². The highest BCUT2D eigenvalue weighted by atomic mass is 16.5. The first kappa shape index (κ1) is 13.1. The molecule has 20 heavy (non-hydrogen) atoms. The van der Waals surface area contributed by atoms with Gasteiger partial charge in [-0.2, -0.15) is 0 Å². The topological polar surface area (TPSA) is 81.7 Å². The van der Waals surface area contributed by atoms with Crippen LogP contribution in [0.4, 0.5) is 5.69 Å². The van der Waals surface area contributed by atoms with Gasteiger partial charge in [0.2, 0.25) is 0 Å². The Morgan fingerprint density at radius 3 is 3.10 bits per heavy atom. The van der Waals surface area contributed by atoms with E-state index in [0.717, 1.165) is 29.9 Å². The van der Waals surface area contributed by atoms with Crippen molar-refractivity contribution < 1.29 is 9.53 Å². The molecule has 6 heteroatoms. The van der Waals surface area contributed by atoms with E-state index < -0.39 is 6.10 Å². The number of aryl methyl sites for hydroxylation is 1. The number of nitrogens with two attached hydrogens (primary N) is 1. The van der Waals surface area contributed by atoms with Gasteiger partial charge in [-0.25, -0.2) is 4.98 Å². The molecule has 2 aromatic rings. The second-order valence-electron chi connectivity index (χ2n) is 5.11. The van der Waals surface area contributed by atoms with Gasteiger partial charge in [-0.15, -0.1) is 0 Å². The maximum atomic E-state index is 12.1. The molecule has 1 saturated heterocycles. The molecule has 1 aliphatic rings. The van der Waals surface area contributed by atoms with Gasteiger partial charge in [0, 0.05) is 18.9 Å². The number of aromatic nitrogens is 2. The summed E-state index contributed by atoms with van der Waals surface area (Å²) in [5.41, 5.74) is 8.09. The molecule has 2 atom stereocenters. The van der Waals surface area contributed by atoms with E-state index in [-0.39, 0.29) is 12.0 Å². The standard InChI is InChI=1S/C14H18N4O2/c1-9-7-18-8-10(2-5-13(18)16-9)17-14(19)12-4-3-11(6-15)20-12/h2,5,7-8,11-12H,3-4,6,15H2,1H3,(H,17,19)/t11-,12+/m1/s1. The van der Waals surface area contributed by atoms with Crippen LogP contribution in [0.5, 0.6) is 0 Å². The fraction of sp³-hybridized carbons (Fsp3) is 0.429. The average molecular weight is 274 g/mol. The van der Waals surface area contributed by atoms with Crippen LogP contribution in [-0.4, -0.2) is 34.0 Å². The molecule has 1 aliphatic heterocycles. The van der Waals surface area contributed by atoms with E-state index in [4.69, 9.17) is 10.5 Å². The summed E-state index contributed by atoms with van der Waals surface area (Å²) in [4.78, 5) is 16.5. The second kappa shape index (κ2) is 5.22. The number of hydrogen-bond donors (Lipinski definition) is 2. The molecular formula is C14H18N4O2. The van der Waals surface area contributed by atoms with Crippen molar-refractivity contribution in [1.82, 2.24) is 9.38 Å². The predicted molar refractivity (Wildman–Crippen MR) is 75.5 cm³/mol. The van der Waals surface area contributed by atoms with Crippen LogP contribution in [0, 0.1) is 6.92 Å². The van der Waals surface area contributed by atoms with Gasteiger partial charge in [0.15, 0.2) is 0 Å². The molecule has 0 spiro atoms. The van der Waals surface area contributed by atoms with E-state index in [1.165, 1.54) is 0 Å². The third-order valence-corrected chi connectivity index (χ3v) is 3.50. The quantitative estimate of drug-likeness (QED) is 0.877. The lowest BCUT2D eigenvalue weighted by atomic mass is 10.2. The first-order valence-electron chi connectivity index (χ1n) is 6.77. The zero-order chi connectivity index (χ0) is 14.1. The van der Waals surface area contributed by atoms with Crippen molar-refractivity contribution in [3.63, 3.8) is 0 Å². The van der Waals surface area contributed by atoms with Crippen molar-refractivity contribution in [2.24, 2.45) is 5.73 Å². The first-order chi connectivity index (χ1) is 9.65. The van der Waals surface area contributed by atoms with E-state index in [1.54, 1.807) is 0 Å². The summed E-state index contributed by atoms with van der Waals surface area (Å²) < 4.78 is 7.47. The molecule has 0 bridgehead atoms. The Labute approximate surface area is 116 Å². The van der Waals surface area contributed by atoms with Gasteiger partial charge in [-0.05, 0) is 31.9 Å². The minimum Gasteiger partial charge on any atom is -0.364 e. The predicted octanol–water partition coefficient (Wildman–Crippen LogP) is 1.09. The summed E-state index contributed by atoms with van der Waals surface area (Å²) in [7, 11) is 0. The first-order valence-corrected chi connectivity index (χ1v) is 6.77. The molecule has 106 valence electrons. The van der Waals surface area contributed by atoms with Gasteiger partial charge in [0.25, 0.3) is 5.91 Å². The number of pyridine rings is 1. The van der Waals surface area contributed by atoms with Crippen molar-refractivity contribution in [1.29, 1.82) is 0 Å². The summed E-state index contributed by atoms with van der Waals surface area (Å²) in [6.07, 6.45) is 4.94. The van der Waals surface area contributed by atoms with Gasteiger partial charge in [-0.1, -0.05) is 0 Å². The zero-order valence-corrected chi connectivity index (χ0v) is 11.4. The van der Waals surface area contributed by atoms with Crippen molar-refractivity contribution in [3.8, 4) is 0 Å². The average Bonchev–Trinajstić information content (AvgIpc) is 3.03. The molecule has 3 heterocycles. The number of fused-ring (bicyclic) bond motifs is 1. The van der Waals surface area contributed by atoms with Crippen LogP contribution >= 0.6 is 0 Å². The highest BCUT2D eigenvalue weighted by Crippen LogP contribution is 2.20. The minimum absolute atomic E-state index is 0.00419. The Kier molecular flexibility index (Phi) is 3.42. The largest absolute Gasteiger partial charge is 0.364 e.